The highest BCUT2D eigenvalue weighted by atomic mass is 16.3. The van der Waals surface area contributed by atoms with Crippen LogP contribution in [0.5, 0.6) is 0 Å². The van der Waals surface area contributed by atoms with Crippen LogP contribution in [0.15, 0.2) is 70.6 Å². The number of ketones is 1. The van der Waals surface area contributed by atoms with Crippen LogP contribution in [0, 0.1) is 5.92 Å². The smallest absolute Gasteiger partial charge is 0.259 e. The quantitative estimate of drug-likeness (QED) is 0.0717. The van der Waals surface area contributed by atoms with Gasteiger partial charge in [0.2, 0.25) is 0 Å². The summed E-state index contributed by atoms with van der Waals surface area (Å²) in [5, 5.41) is 42.5. The molecular weight excluding hydrogens is 470 g/mol. The van der Waals surface area contributed by atoms with Gasteiger partial charge in [0.25, 0.3) is 5.91 Å². The number of aliphatic hydroxyl groups excluding tert-OH is 4. The summed E-state index contributed by atoms with van der Waals surface area (Å²) >= 11 is 0. The van der Waals surface area contributed by atoms with Crippen molar-refractivity contribution < 1.29 is 30.0 Å². The Morgan fingerprint density at radius 1 is 1.14 bits per heavy atom. The van der Waals surface area contributed by atoms with E-state index in [0.717, 1.165) is 12.8 Å². The van der Waals surface area contributed by atoms with Gasteiger partial charge in [0.05, 0.1) is 18.8 Å². The number of unbranched alkanes of at least 4 members (excludes halogenated alkanes) is 1. The van der Waals surface area contributed by atoms with E-state index in [1.165, 1.54) is 11.1 Å². The monoisotopic (exact) mass is 515 g/mol. The van der Waals surface area contributed by atoms with Crippen molar-refractivity contribution in [1.82, 2.24) is 5.32 Å². The predicted octanol–water partition coefficient (Wildman–Crippen LogP) is 4.53. The van der Waals surface area contributed by atoms with Crippen molar-refractivity contribution >= 4 is 11.7 Å². The molecule has 206 valence electrons. The number of amides is 1. The summed E-state index contributed by atoms with van der Waals surface area (Å²) in [6.07, 6.45) is 16.1. The van der Waals surface area contributed by atoms with Crippen LogP contribution in [0.4, 0.5) is 0 Å². The van der Waals surface area contributed by atoms with Gasteiger partial charge < -0.3 is 25.7 Å². The van der Waals surface area contributed by atoms with Gasteiger partial charge in [-0.2, -0.15) is 0 Å². The van der Waals surface area contributed by atoms with Gasteiger partial charge in [0, 0.05) is 0 Å². The number of hydrogen-bond acceptors (Lipinski definition) is 6. The van der Waals surface area contributed by atoms with Crippen molar-refractivity contribution in [2.45, 2.75) is 91.4 Å². The zero-order chi connectivity index (χ0) is 28.0. The summed E-state index contributed by atoms with van der Waals surface area (Å²) in [4.78, 5) is 24.0. The molecule has 0 radical (unpaired) electrons. The lowest BCUT2D eigenvalue weighted by atomic mass is 9.89. The molecule has 0 aromatic carbocycles. The maximum absolute atomic E-state index is 12.1. The van der Waals surface area contributed by atoms with E-state index in [0.29, 0.717) is 31.3 Å². The molecule has 1 fully saturated rings. The van der Waals surface area contributed by atoms with Crippen LogP contribution in [0.2, 0.25) is 0 Å². The lowest BCUT2D eigenvalue weighted by molar-refractivity contribution is -0.117. The first-order valence-electron chi connectivity index (χ1n) is 13.1. The van der Waals surface area contributed by atoms with Crippen LogP contribution in [-0.2, 0) is 9.59 Å². The molecule has 0 aliphatic carbocycles. The number of rotatable bonds is 15. The van der Waals surface area contributed by atoms with Crippen molar-refractivity contribution in [1.29, 1.82) is 0 Å². The molecule has 1 aliphatic rings. The standard InChI is InChI=1S/C30H45NO6/c1-6-20(3)17-21(4)18-23(7-2)26(34)16-10-8-9-14-24(33)15-12-11-13-22(5)28(35)27-29(36)25(19-32)31-30(27)37/h6,8-10,13-14,17,23-26,32-35H,7,11-12,15-16,18-19H2,1-5H3,(H,31,37). The van der Waals surface area contributed by atoms with Crippen molar-refractivity contribution in [2.24, 2.45) is 5.92 Å². The van der Waals surface area contributed by atoms with E-state index in [2.05, 4.69) is 38.2 Å². The van der Waals surface area contributed by atoms with Crippen LogP contribution in [0.1, 0.15) is 73.1 Å². The van der Waals surface area contributed by atoms with Gasteiger partial charge in [-0.25, -0.2) is 0 Å². The molecule has 1 amide bonds. The SMILES string of the molecule is CC=C(C)C=C(C)CC(CC)C(O)CC=CC=CC(O)CCCC=C(C)C(O)=C1C(=O)NC(CO)C1=O. The van der Waals surface area contributed by atoms with E-state index in [9.17, 15) is 24.9 Å². The fourth-order valence-corrected chi connectivity index (χ4v) is 4.15. The summed E-state index contributed by atoms with van der Waals surface area (Å²) < 4.78 is 0. The van der Waals surface area contributed by atoms with Crippen molar-refractivity contribution in [3.63, 3.8) is 0 Å². The van der Waals surface area contributed by atoms with E-state index >= 15 is 0 Å². The Labute approximate surface area is 221 Å². The Bertz CT molecular complexity index is 953. The van der Waals surface area contributed by atoms with Gasteiger partial charge >= 0.3 is 0 Å². The minimum atomic E-state index is -1.01. The first-order chi connectivity index (χ1) is 17.5. The number of nitrogens with one attached hydrogen (secondary N) is 1. The fourth-order valence-electron chi connectivity index (χ4n) is 4.15. The van der Waals surface area contributed by atoms with Gasteiger partial charge in [-0.3, -0.25) is 9.59 Å². The predicted molar refractivity (Wildman–Crippen MR) is 148 cm³/mol. The van der Waals surface area contributed by atoms with Crippen LogP contribution >= 0.6 is 0 Å². The highest BCUT2D eigenvalue weighted by molar-refractivity contribution is 6.27. The van der Waals surface area contributed by atoms with E-state index < -0.39 is 36.5 Å². The molecule has 0 spiro atoms. The first kappa shape index (κ1) is 32.3. The highest BCUT2D eigenvalue weighted by Crippen LogP contribution is 2.22. The van der Waals surface area contributed by atoms with Crippen LogP contribution in [-0.4, -0.2) is 57.0 Å². The Kier molecular flexibility index (Phi) is 14.7. The number of carbonyl (C=O) groups excluding carboxylic acids is 2. The Balaban J connectivity index is 2.47. The summed E-state index contributed by atoms with van der Waals surface area (Å²) in [6.45, 7) is 9.37. The van der Waals surface area contributed by atoms with Crippen LogP contribution < -0.4 is 5.32 Å². The second kappa shape index (κ2) is 16.9. The largest absolute Gasteiger partial charge is 0.507 e. The molecule has 0 aromatic rings. The average Bonchev–Trinajstić information content (AvgIpc) is 3.16. The molecular formula is C30H45NO6. The fraction of sp³-hybridized carbons (Fsp3) is 0.533. The molecule has 1 rings (SSSR count). The molecule has 0 saturated carbocycles. The molecule has 0 aromatic heterocycles. The van der Waals surface area contributed by atoms with Gasteiger partial charge in [0.1, 0.15) is 17.4 Å². The van der Waals surface area contributed by atoms with Gasteiger partial charge in [-0.05, 0) is 71.3 Å². The molecule has 7 nitrogen and oxygen atoms in total. The average molecular weight is 516 g/mol. The van der Waals surface area contributed by atoms with Crippen molar-refractivity contribution in [3.8, 4) is 0 Å². The highest BCUT2D eigenvalue weighted by Gasteiger charge is 2.38. The van der Waals surface area contributed by atoms with E-state index in [4.69, 9.17) is 5.11 Å². The molecule has 1 aliphatic heterocycles. The second-order valence-corrected chi connectivity index (χ2v) is 9.69. The molecule has 7 heteroatoms. The zero-order valence-electron chi connectivity index (χ0n) is 22.9. The van der Waals surface area contributed by atoms with E-state index in [1.807, 2.05) is 19.1 Å². The summed E-state index contributed by atoms with van der Waals surface area (Å²) in [5.41, 5.74) is 2.56. The molecule has 37 heavy (non-hydrogen) atoms. The zero-order valence-corrected chi connectivity index (χ0v) is 22.9. The van der Waals surface area contributed by atoms with E-state index in [-0.39, 0.29) is 17.3 Å². The molecule has 4 atom stereocenters. The second-order valence-electron chi connectivity index (χ2n) is 9.69. The van der Waals surface area contributed by atoms with Gasteiger partial charge in [-0.1, -0.05) is 67.0 Å². The number of hydrogen-bond donors (Lipinski definition) is 5. The van der Waals surface area contributed by atoms with Crippen molar-refractivity contribution in [3.05, 3.63) is 70.6 Å². The topological polar surface area (TPSA) is 127 Å². The van der Waals surface area contributed by atoms with Gasteiger partial charge in [-0.15, -0.1) is 0 Å². The van der Waals surface area contributed by atoms with Gasteiger partial charge in [0.15, 0.2) is 5.78 Å². The summed E-state index contributed by atoms with van der Waals surface area (Å²) in [6, 6.07) is -1.01. The Morgan fingerprint density at radius 3 is 2.43 bits per heavy atom. The number of allylic oxidation sites excluding steroid dienone is 8. The third-order valence-electron chi connectivity index (χ3n) is 6.58. The lowest BCUT2D eigenvalue weighted by Crippen LogP contribution is -2.32. The third-order valence-corrected chi connectivity index (χ3v) is 6.58. The Morgan fingerprint density at radius 2 is 1.84 bits per heavy atom. The normalized spacial score (nSPS) is 21.6. The molecule has 0 bridgehead atoms. The molecule has 1 heterocycles. The third kappa shape index (κ3) is 11.0. The van der Waals surface area contributed by atoms with Crippen LogP contribution in [0.25, 0.3) is 0 Å². The Hall–Kier alpha value is -2.74. The van der Waals surface area contributed by atoms with E-state index in [1.54, 1.807) is 25.2 Å². The molecule has 5 N–H and O–H groups in total. The van der Waals surface area contributed by atoms with Crippen molar-refractivity contribution in [2.75, 3.05) is 6.61 Å². The number of aliphatic hydroxyl groups is 4. The number of Topliss-reactive ketones (excluding diaryl/α,β-unsaturated/α-hetero) is 1. The first-order valence-corrected chi connectivity index (χ1v) is 13.1. The molecule has 4 unspecified atom stereocenters. The maximum Gasteiger partial charge on any atom is 0.259 e. The summed E-state index contributed by atoms with van der Waals surface area (Å²) in [7, 11) is 0. The molecule has 1 saturated heterocycles. The maximum atomic E-state index is 12.1. The van der Waals surface area contributed by atoms with Crippen LogP contribution in [0.3, 0.4) is 0 Å². The number of carbonyl (C=O) groups is 2. The summed E-state index contributed by atoms with van der Waals surface area (Å²) in [5.74, 6) is -1.48. The minimum absolute atomic E-state index is 0.198. The minimum Gasteiger partial charge on any atom is -0.507 e. The lowest BCUT2D eigenvalue weighted by Gasteiger charge is -2.21.